The zero-order valence-corrected chi connectivity index (χ0v) is 14.1. The van der Waals surface area contributed by atoms with E-state index in [4.69, 9.17) is 0 Å². The van der Waals surface area contributed by atoms with E-state index in [1.807, 2.05) is 60.7 Å². The average Bonchev–Trinajstić information content (AvgIpc) is 3.48. The van der Waals surface area contributed by atoms with E-state index in [9.17, 15) is 9.59 Å². The lowest BCUT2D eigenvalue weighted by Gasteiger charge is -2.39. The van der Waals surface area contributed by atoms with Crippen molar-refractivity contribution in [3.05, 3.63) is 71.8 Å². The Morgan fingerprint density at radius 3 is 2.08 bits per heavy atom. The van der Waals surface area contributed by atoms with Gasteiger partial charge in [-0.3, -0.25) is 9.59 Å². The number of rotatable bonds is 5. The lowest BCUT2D eigenvalue weighted by atomic mass is 9.97. The second-order valence-electron chi connectivity index (χ2n) is 6.98. The summed E-state index contributed by atoms with van der Waals surface area (Å²) in [6, 6.07) is 19.0. The number of nitrogens with one attached hydrogen (secondary N) is 1. The number of amides is 2. The van der Waals surface area contributed by atoms with Crippen LogP contribution in [-0.4, -0.2) is 28.8 Å². The number of hydrogen-bond acceptors (Lipinski definition) is 2. The van der Waals surface area contributed by atoms with Gasteiger partial charge < -0.3 is 10.2 Å². The van der Waals surface area contributed by atoms with E-state index in [1.165, 1.54) is 0 Å². The Morgan fingerprint density at radius 2 is 1.48 bits per heavy atom. The number of nitrogens with zero attached hydrogens (tertiary/aromatic N) is 1. The largest absolute Gasteiger partial charge is 0.342 e. The fraction of sp³-hybridized carbons (Fsp3) is 0.333. The molecule has 2 amide bonds. The van der Waals surface area contributed by atoms with Crippen molar-refractivity contribution in [2.75, 3.05) is 0 Å². The van der Waals surface area contributed by atoms with Crippen molar-refractivity contribution < 1.29 is 9.59 Å². The Morgan fingerprint density at radius 1 is 0.880 bits per heavy atom. The van der Waals surface area contributed by atoms with Crippen LogP contribution in [-0.2, 0) is 22.6 Å². The predicted octanol–water partition coefficient (Wildman–Crippen LogP) is 2.53. The van der Waals surface area contributed by atoms with E-state index in [-0.39, 0.29) is 17.9 Å². The van der Waals surface area contributed by atoms with Crippen LogP contribution in [0, 0.1) is 5.92 Å². The van der Waals surface area contributed by atoms with Crippen LogP contribution in [0.5, 0.6) is 0 Å². The first-order valence-corrected chi connectivity index (χ1v) is 8.91. The van der Waals surface area contributed by atoms with Gasteiger partial charge in [0.25, 0.3) is 0 Å². The monoisotopic (exact) mass is 334 g/mol. The molecule has 128 valence electrons. The van der Waals surface area contributed by atoms with Crippen LogP contribution in [0.2, 0.25) is 0 Å². The SMILES string of the molecule is O=C1NC(C2CC2)C(=O)N(Cc2ccccc2)C1Cc1ccccc1. The fourth-order valence-corrected chi connectivity index (χ4v) is 3.54. The molecule has 1 saturated heterocycles. The molecule has 1 aliphatic heterocycles. The summed E-state index contributed by atoms with van der Waals surface area (Å²) in [4.78, 5) is 27.6. The zero-order valence-electron chi connectivity index (χ0n) is 14.1. The van der Waals surface area contributed by atoms with Gasteiger partial charge in [-0.15, -0.1) is 0 Å². The Labute approximate surface area is 147 Å². The minimum absolute atomic E-state index is 0.0312. The minimum atomic E-state index is -0.454. The molecule has 4 heteroatoms. The number of benzene rings is 2. The summed E-state index contributed by atoms with van der Waals surface area (Å²) >= 11 is 0. The molecule has 1 heterocycles. The molecule has 25 heavy (non-hydrogen) atoms. The number of carbonyl (C=O) groups is 2. The Balaban J connectivity index is 1.61. The molecule has 2 aliphatic rings. The Kier molecular flexibility index (Phi) is 4.26. The van der Waals surface area contributed by atoms with Crippen molar-refractivity contribution in [1.29, 1.82) is 0 Å². The lowest BCUT2D eigenvalue weighted by Crippen LogP contribution is -2.64. The molecule has 2 aromatic rings. The van der Waals surface area contributed by atoms with Gasteiger partial charge in [-0.05, 0) is 29.9 Å². The van der Waals surface area contributed by atoms with E-state index in [2.05, 4.69) is 5.32 Å². The highest BCUT2D eigenvalue weighted by Crippen LogP contribution is 2.35. The van der Waals surface area contributed by atoms with E-state index in [0.717, 1.165) is 24.0 Å². The molecule has 1 saturated carbocycles. The molecule has 0 bridgehead atoms. The standard InChI is InChI=1S/C21H22N2O2/c24-20-18(13-15-7-3-1-4-8-15)23(14-16-9-5-2-6-10-16)21(25)19(22-20)17-11-12-17/h1-10,17-19H,11-14H2,(H,22,24). The summed E-state index contributed by atoms with van der Waals surface area (Å²) in [6.45, 7) is 0.480. The second-order valence-corrected chi connectivity index (χ2v) is 6.98. The number of piperazine rings is 1. The molecular formula is C21H22N2O2. The number of hydrogen-bond donors (Lipinski definition) is 1. The zero-order chi connectivity index (χ0) is 17.2. The van der Waals surface area contributed by atoms with Crippen LogP contribution in [0.25, 0.3) is 0 Å². The number of carbonyl (C=O) groups excluding carboxylic acids is 2. The van der Waals surface area contributed by atoms with Crippen LogP contribution < -0.4 is 5.32 Å². The lowest BCUT2D eigenvalue weighted by molar-refractivity contribution is -0.150. The van der Waals surface area contributed by atoms with Gasteiger partial charge in [0.05, 0.1) is 0 Å². The maximum atomic E-state index is 13.1. The van der Waals surface area contributed by atoms with Crippen molar-refractivity contribution >= 4 is 11.8 Å². The molecule has 0 spiro atoms. The minimum Gasteiger partial charge on any atom is -0.342 e. The molecule has 1 aliphatic carbocycles. The van der Waals surface area contributed by atoms with Gasteiger partial charge in [-0.2, -0.15) is 0 Å². The van der Waals surface area contributed by atoms with Crippen molar-refractivity contribution in [3.8, 4) is 0 Å². The normalized spacial score (nSPS) is 23.4. The molecular weight excluding hydrogens is 312 g/mol. The molecule has 0 aromatic heterocycles. The van der Waals surface area contributed by atoms with Crippen LogP contribution in [0.3, 0.4) is 0 Å². The van der Waals surface area contributed by atoms with Crippen molar-refractivity contribution in [1.82, 2.24) is 10.2 Å². The van der Waals surface area contributed by atoms with Gasteiger partial charge in [0.1, 0.15) is 12.1 Å². The summed E-state index contributed by atoms with van der Waals surface area (Å²) in [5.74, 6) is 0.343. The highest BCUT2D eigenvalue weighted by molar-refractivity contribution is 5.97. The summed E-state index contributed by atoms with van der Waals surface area (Å²) in [6.07, 6.45) is 2.60. The molecule has 4 rings (SSSR count). The molecule has 2 aromatic carbocycles. The third-order valence-electron chi connectivity index (χ3n) is 5.09. The van der Waals surface area contributed by atoms with Crippen LogP contribution in [0.15, 0.2) is 60.7 Å². The maximum absolute atomic E-state index is 13.1. The van der Waals surface area contributed by atoms with Gasteiger partial charge in [0.15, 0.2) is 0 Å². The van der Waals surface area contributed by atoms with Gasteiger partial charge in [-0.1, -0.05) is 60.7 Å². The first kappa shape index (κ1) is 15.9. The van der Waals surface area contributed by atoms with Gasteiger partial charge in [0, 0.05) is 13.0 Å². The van der Waals surface area contributed by atoms with E-state index < -0.39 is 6.04 Å². The van der Waals surface area contributed by atoms with E-state index >= 15 is 0 Å². The quantitative estimate of drug-likeness (QED) is 0.913. The maximum Gasteiger partial charge on any atom is 0.246 e. The van der Waals surface area contributed by atoms with Crippen molar-refractivity contribution in [2.24, 2.45) is 5.92 Å². The van der Waals surface area contributed by atoms with Crippen LogP contribution in [0.1, 0.15) is 24.0 Å². The highest BCUT2D eigenvalue weighted by Gasteiger charge is 2.46. The highest BCUT2D eigenvalue weighted by atomic mass is 16.2. The molecule has 1 N–H and O–H groups in total. The van der Waals surface area contributed by atoms with E-state index in [1.54, 1.807) is 4.90 Å². The second kappa shape index (κ2) is 6.71. The van der Waals surface area contributed by atoms with Crippen molar-refractivity contribution in [3.63, 3.8) is 0 Å². The smallest absolute Gasteiger partial charge is 0.246 e. The fourth-order valence-electron chi connectivity index (χ4n) is 3.54. The van der Waals surface area contributed by atoms with Gasteiger partial charge in [-0.25, -0.2) is 0 Å². The Bertz CT molecular complexity index is 756. The van der Waals surface area contributed by atoms with Crippen molar-refractivity contribution in [2.45, 2.75) is 37.9 Å². The topological polar surface area (TPSA) is 49.4 Å². The third-order valence-corrected chi connectivity index (χ3v) is 5.09. The third kappa shape index (κ3) is 3.43. The van der Waals surface area contributed by atoms with Crippen LogP contribution in [0.4, 0.5) is 0 Å². The van der Waals surface area contributed by atoms with Gasteiger partial charge >= 0.3 is 0 Å². The molecule has 4 nitrogen and oxygen atoms in total. The van der Waals surface area contributed by atoms with Crippen LogP contribution >= 0.6 is 0 Å². The molecule has 2 fully saturated rings. The first-order chi connectivity index (χ1) is 12.2. The Hall–Kier alpha value is -2.62. The summed E-state index contributed by atoms with van der Waals surface area (Å²) in [5.41, 5.74) is 2.12. The first-order valence-electron chi connectivity index (χ1n) is 8.91. The summed E-state index contributed by atoms with van der Waals surface area (Å²) in [7, 11) is 0. The van der Waals surface area contributed by atoms with E-state index in [0.29, 0.717) is 18.9 Å². The van der Waals surface area contributed by atoms with Gasteiger partial charge in [0.2, 0.25) is 11.8 Å². The molecule has 2 atom stereocenters. The molecule has 2 unspecified atom stereocenters. The average molecular weight is 334 g/mol. The predicted molar refractivity (Wildman–Crippen MR) is 95.6 cm³/mol. The molecule has 0 radical (unpaired) electrons. The summed E-state index contributed by atoms with van der Waals surface area (Å²) < 4.78 is 0. The summed E-state index contributed by atoms with van der Waals surface area (Å²) in [5, 5.41) is 2.98.